The largest absolute Gasteiger partial charge is 0.476 e. The van der Waals surface area contributed by atoms with Crippen molar-refractivity contribution in [3.63, 3.8) is 0 Å². The normalized spacial score (nSPS) is 11.5. The molecule has 2 rings (SSSR count). The Bertz CT molecular complexity index is 906. The predicted molar refractivity (Wildman–Crippen MR) is 97.0 cm³/mol. The molecule has 8 nitrogen and oxygen atoms in total. The number of thiazole rings is 1. The number of benzene rings is 1. The minimum Gasteiger partial charge on any atom is -0.476 e. The number of aromatic nitrogens is 1. The summed E-state index contributed by atoms with van der Waals surface area (Å²) in [5, 5.41) is 13.5. The van der Waals surface area contributed by atoms with Crippen molar-refractivity contribution in [2.45, 2.75) is 31.2 Å². The summed E-state index contributed by atoms with van der Waals surface area (Å²) >= 11 is 1.21. The summed E-state index contributed by atoms with van der Waals surface area (Å²) in [6.07, 6.45) is 0.385. The van der Waals surface area contributed by atoms with Gasteiger partial charge in [-0.3, -0.25) is 4.79 Å². The molecule has 0 spiro atoms. The van der Waals surface area contributed by atoms with Gasteiger partial charge in [0.1, 0.15) is 0 Å². The van der Waals surface area contributed by atoms with Gasteiger partial charge in [0.05, 0.1) is 9.90 Å². The molecule has 0 saturated heterocycles. The topological polar surface area (TPSA) is 125 Å². The number of nitrogens with zero attached hydrogens (tertiary/aromatic N) is 1. The maximum Gasteiger partial charge on any atom is 0.355 e. The average Bonchev–Trinajstić information content (AvgIpc) is 3.03. The van der Waals surface area contributed by atoms with E-state index in [1.165, 1.54) is 41.0 Å². The monoisotopic (exact) mass is 397 g/mol. The molecule has 1 aromatic heterocycles. The molecule has 0 bridgehead atoms. The van der Waals surface area contributed by atoms with Crippen molar-refractivity contribution in [1.29, 1.82) is 0 Å². The van der Waals surface area contributed by atoms with Crippen molar-refractivity contribution in [2.75, 3.05) is 6.54 Å². The van der Waals surface area contributed by atoms with Crippen molar-refractivity contribution < 1.29 is 23.1 Å². The Morgan fingerprint density at radius 2 is 2.04 bits per heavy atom. The summed E-state index contributed by atoms with van der Waals surface area (Å²) in [5.41, 5.74) is 0.203. The van der Waals surface area contributed by atoms with Gasteiger partial charge in [0, 0.05) is 30.0 Å². The molecular weight excluding hydrogens is 378 g/mol. The highest BCUT2D eigenvalue weighted by atomic mass is 32.2. The van der Waals surface area contributed by atoms with Gasteiger partial charge in [0.25, 0.3) is 5.91 Å². The van der Waals surface area contributed by atoms with Crippen LogP contribution in [-0.2, 0) is 16.4 Å². The standard InChI is InChI=1S/C16H19N3O5S2/c1-10(2)19-26(23,24)12-5-3-4-11(8-12)15(20)17-7-6-14-18-13(9-25-14)16(21)22/h3-5,8-10,19H,6-7H2,1-2H3,(H,17,20)(H,21,22). The number of rotatable bonds is 8. The minimum absolute atomic E-state index is 0.0184. The van der Waals surface area contributed by atoms with Crippen LogP contribution in [0.4, 0.5) is 0 Å². The Labute approximate surface area is 155 Å². The van der Waals surface area contributed by atoms with Crippen LogP contribution >= 0.6 is 11.3 Å². The second kappa shape index (κ2) is 8.39. The smallest absolute Gasteiger partial charge is 0.355 e. The minimum atomic E-state index is -3.68. The Morgan fingerprint density at radius 3 is 2.65 bits per heavy atom. The van der Waals surface area contributed by atoms with Crippen LogP contribution in [0.3, 0.4) is 0 Å². The van der Waals surface area contributed by atoms with Crippen molar-refractivity contribution >= 4 is 33.2 Å². The van der Waals surface area contributed by atoms with Crippen LogP contribution in [-0.4, -0.2) is 43.0 Å². The maximum absolute atomic E-state index is 12.2. The Hall–Kier alpha value is -2.30. The molecule has 0 aliphatic heterocycles. The third-order valence-corrected chi connectivity index (χ3v) is 5.76. The summed E-state index contributed by atoms with van der Waals surface area (Å²) in [5.74, 6) is -1.51. The summed E-state index contributed by atoms with van der Waals surface area (Å²) in [4.78, 5) is 26.9. The fraction of sp³-hybridized carbons (Fsp3) is 0.312. The molecule has 10 heteroatoms. The number of hydrogen-bond acceptors (Lipinski definition) is 6. The number of carboxylic acids is 1. The van der Waals surface area contributed by atoms with E-state index in [1.54, 1.807) is 13.8 Å². The molecule has 1 amide bonds. The first kappa shape index (κ1) is 20.0. The second-order valence-corrected chi connectivity index (χ2v) is 8.40. The Kier molecular flexibility index (Phi) is 6.46. The van der Waals surface area contributed by atoms with Crippen LogP contribution in [0.1, 0.15) is 39.7 Å². The van der Waals surface area contributed by atoms with Crippen LogP contribution in [0.2, 0.25) is 0 Å². The lowest BCUT2D eigenvalue weighted by molar-refractivity contribution is 0.0690. The molecule has 26 heavy (non-hydrogen) atoms. The molecule has 2 aromatic rings. The van der Waals surface area contributed by atoms with E-state index in [9.17, 15) is 18.0 Å². The third kappa shape index (κ3) is 5.35. The lowest BCUT2D eigenvalue weighted by Crippen LogP contribution is -2.30. The zero-order chi connectivity index (χ0) is 19.3. The summed E-state index contributed by atoms with van der Waals surface area (Å²) in [7, 11) is -3.68. The van der Waals surface area contributed by atoms with Gasteiger partial charge < -0.3 is 10.4 Å². The first-order valence-electron chi connectivity index (χ1n) is 7.77. The SMILES string of the molecule is CC(C)NS(=O)(=O)c1cccc(C(=O)NCCc2nc(C(=O)O)cs2)c1. The first-order valence-corrected chi connectivity index (χ1v) is 10.1. The molecule has 1 heterocycles. The van der Waals surface area contributed by atoms with Crippen LogP contribution < -0.4 is 10.0 Å². The van der Waals surface area contributed by atoms with Crippen molar-refractivity contribution in [1.82, 2.24) is 15.0 Å². The molecule has 0 saturated carbocycles. The van der Waals surface area contributed by atoms with E-state index in [0.717, 1.165) is 0 Å². The van der Waals surface area contributed by atoms with E-state index in [4.69, 9.17) is 5.11 Å². The zero-order valence-corrected chi connectivity index (χ0v) is 15.9. The fourth-order valence-electron chi connectivity index (χ4n) is 2.09. The van der Waals surface area contributed by atoms with Crippen molar-refractivity contribution in [2.24, 2.45) is 0 Å². The van der Waals surface area contributed by atoms with Crippen LogP contribution in [0.25, 0.3) is 0 Å². The molecule has 0 unspecified atom stereocenters. The first-order chi connectivity index (χ1) is 12.2. The Morgan fingerprint density at radius 1 is 1.31 bits per heavy atom. The number of carboxylic acid groups (broad SMARTS) is 1. The second-order valence-electron chi connectivity index (χ2n) is 5.74. The highest BCUT2D eigenvalue weighted by molar-refractivity contribution is 7.89. The fourth-order valence-corrected chi connectivity index (χ4v) is 4.16. The van der Waals surface area contributed by atoms with Gasteiger partial charge in [0.2, 0.25) is 10.0 Å². The number of aromatic carboxylic acids is 1. The highest BCUT2D eigenvalue weighted by Crippen LogP contribution is 2.13. The van der Waals surface area contributed by atoms with Crippen molar-refractivity contribution in [3.05, 3.63) is 45.9 Å². The average molecular weight is 397 g/mol. The third-order valence-electron chi connectivity index (χ3n) is 3.19. The highest BCUT2D eigenvalue weighted by Gasteiger charge is 2.17. The van der Waals surface area contributed by atoms with E-state index >= 15 is 0 Å². The molecule has 0 fully saturated rings. The predicted octanol–water partition coefficient (Wildman–Crippen LogP) is 1.50. The van der Waals surface area contributed by atoms with Gasteiger partial charge in [-0.1, -0.05) is 6.07 Å². The molecule has 0 radical (unpaired) electrons. The van der Waals surface area contributed by atoms with Gasteiger partial charge in [-0.2, -0.15) is 0 Å². The van der Waals surface area contributed by atoms with Gasteiger partial charge in [-0.05, 0) is 32.0 Å². The lowest BCUT2D eigenvalue weighted by Gasteiger charge is -2.10. The van der Waals surface area contributed by atoms with Gasteiger partial charge in [0.15, 0.2) is 5.69 Å². The van der Waals surface area contributed by atoms with E-state index < -0.39 is 21.9 Å². The quantitative estimate of drug-likeness (QED) is 0.620. The van der Waals surface area contributed by atoms with E-state index in [-0.39, 0.29) is 28.7 Å². The molecule has 3 N–H and O–H groups in total. The number of nitrogens with one attached hydrogen (secondary N) is 2. The number of carbonyl (C=O) groups excluding carboxylic acids is 1. The van der Waals surface area contributed by atoms with E-state index in [0.29, 0.717) is 11.4 Å². The molecule has 140 valence electrons. The number of sulfonamides is 1. The van der Waals surface area contributed by atoms with Crippen LogP contribution in [0.5, 0.6) is 0 Å². The summed E-state index contributed by atoms with van der Waals surface area (Å²) in [6.45, 7) is 3.68. The van der Waals surface area contributed by atoms with Gasteiger partial charge >= 0.3 is 5.97 Å². The van der Waals surface area contributed by atoms with Crippen LogP contribution in [0.15, 0.2) is 34.5 Å². The number of hydrogen-bond donors (Lipinski definition) is 3. The molecule has 0 atom stereocenters. The summed E-state index contributed by atoms with van der Waals surface area (Å²) in [6, 6.07) is 5.50. The van der Waals surface area contributed by atoms with Crippen LogP contribution in [0, 0.1) is 0 Å². The molecule has 1 aromatic carbocycles. The summed E-state index contributed by atoms with van der Waals surface area (Å²) < 4.78 is 26.8. The lowest BCUT2D eigenvalue weighted by atomic mass is 10.2. The zero-order valence-electron chi connectivity index (χ0n) is 14.2. The Balaban J connectivity index is 1.99. The van der Waals surface area contributed by atoms with Gasteiger partial charge in [-0.25, -0.2) is 22.9 Å². The van der Waals surface area contributed by atoms with E-state index in [2.05, 4.69) is 15.0 Å². The van der Waals surface area contributed by atoms with Crippen molar-refractivity contribution in [3.8, 4) is 0 Å². The maximum atomic E-state index is 12.2. The van der Waals surface area contributed by atoms with E-state index in [1.807, 2.05) is 0 Å². The number of carbonyl (C=O) groups is 2. The van der Waals surface area contributed by atoms with Gasteiger partial charge in [-0.15, -0.1) is 11.3 Å². The molecule has 0 aliphatic carbocycles. The number of amides is 1. The molecule has 0 aliphatic rings. The molecular formula is C16H19N3O5S2.